The Labute approximate surface area is 118 Å². The van der Waals surface area contributed by atoms with E-state index in [1.165, 1.54) is 13.2 Å². The third kappa shape index (κ3) is 3.79. The molecule has 0 aliphatic rings. The molecule has 0 bridgehead atoms. The minimum absolute atomic E-state index is 0.0544. The highest BCUT2D eigenvalue weighted by Crippen LogP contribution is 2.17. The van der Waals surface area contributed by atoms with Crippen LogP contribution in [0.15, 0.2) is 42.5 Å². The number of aliphatic hydroxyl groups excluding tert-OH is 1. The Bertz CT molecular complexity index is 555. The number of aliphatic hydroxyl groups is 1. The molecule has 0 unspecified atom stereocenters. The van der Waals surface area contributed by atoms with E-state index in [1.54, 1.807) is 6.07 Å². The van der Waals surface area contributed by atoms with Gasteiger partial charge in [0.15, 0.2) is 11.6 Å². The highest BCUT2D eigenvalue weighted by Gasteiger charge is 2.03. The van der Waals surface area contributed by atoms with Crippen LogP contribution in [0.3, 0.4) is 0 Å². The minimum Gasteiger partial charge on any atom is -0.494 e. The second-order valence-corrected chi connectivity index (χ2v) is 4.55. The minimum atomic E-state index is -0.348. The van der Waals surface area contributed by atoms with Crippen LogP contribution in [0.5, 0.6) is 5.75 Å². The van der Waals surface area contributed by atoms with Gasteiger partial charge in [0.25, 0.3) is 0 Å². The molecule has 106 valence electrons. The first-order valence-electron chi connectivity index (χ1n) is 6.44. The maximum absolute atomic E-state index is 13.5. The summed E-state index contributed by atoms with van der Waals surface area (Å²) in [6.07, 6.45) is 0. The molecule has 2 N–H and O–H groups in total. The lowest BCUT2D eigenvalue weighted by atomic mass is 10.1. The Hall–Kier alpha value is -1.91. The summed E-state index contributed by atoms with van der Waals surface area (Å²) in [4.78, 5) is 0. The Morgan fingerprint density at radius 2 is 1.60 bits per heavy atom. The van der Waals surface area contributed by atoms with Crippen molar-refractivity contribution in [3.63, 3.8) is 0 Å². The van der Waals surface area contributed by atoms with Gasteiger partial charge in [0.05, 0.1) is 13.7 Å². The molecule has 0 heterocycles. The highest BCUT2D eigenvalue weighted by molar-refractivity contribution is 5.29. The Balaban J connectivity index is 1.87. The van der Waals surface area contributed by atoms with E-state index in [9.17, 15) is 4.39 Å². The van der Waals surface area contributed by atoms with Gasteiger partial charge in [-0.1, -0.05) is 30.3 Å². The summed E-state index contributed by atoms with van der Waals surface area (Å²) in [5.41, 5.74) is 2.89. The molecule has 2 rings (SSSR count). The maximum Gasteiger partial charge on any atom is 0.165 e. The van der Waals surface area contributed by atoms with Gasteiger partial charge >= 0.3 is 0 Å². The first-order valence-corrected chi connectivity index (χ1v) is 6.44. The van der Waals surface area contributed by atoms with Gasteiger partial charge < -0.3 is 15.2 Å². The quantitative estimate of drug-likeness (QED) is 0.851. The van der Waals surface area contributed by atoms with Gasteiger partial charge in [-0.2, -0.15) is 0 Å². The van der Waals surface area contributed by atoms with Crippen molar-refractivity contribution in [2.75, 3.05) is 7.11 Å². The number of hydrogen-bond donors (Lipinski definition) is 2. The molecule has 20 heavy (non-hydrogen) atoms. The predicted molar refractivity (Wildman–Crippen MR) is 75.9 cm³/mol. The molecule has 0 aliphatic heterocycles. The summed E-state index contributed by atoms with van der Waals surface area (Å²) < 4.78 is 18.4. The fraction of sp³-hybridized carbons (Fsp3) is 0.250. The molecule has 0 atom stereocenters. The standard InChI is InChI=1S/C16H18FNO2/c1-20-16-7-6-14(8-15(16)17)10-18-9-12-2-4-13(11-19)5-3-12/h2-8,18-19H,9-11H2,1H3. The van der Waals surface area contributed by atoms with Crippen molar-refractivity contribution in [2.45, 2.75) is 19.7 Å². The van der Waals surface area contributed by atoms with Gasteiger partial charge in [0.1, 0.15) is 0 Å². The molecule has 0 saturated carbocycles. The number of benzene rings is 2. The van der Waals surface area contributed by atoms with E-state index in [0.717, 1.165) is 16.7 Å². The van der Waals surface area contributed by atoms with E-state index >= 15 is 0 Å². The molecule has 2 aromatic rings. The number of rotatable bonds is 6. The largest absolute Gasteiger partial charge is 0.494 e. The molecule has 0 radical (unpaired) electrons. The molecule has 0 saturated heterocycles. The molecule has 0 spiro atoms. The maximum atomic E-state index is 13.5. The summed E-state index contributed by atoms with van der Waals surface area (Å²) in [6.45, 7) is 1.33. The molecule has 3 nitrogen and oxygen atoms in total. The van der Waals surface area contributed by atoms with Crippen molar-refractivity contribution < 1.29 is 14.2 Å². The highest BCUT2D eigenvalue weighted by atomic mass is 19.1. The summed E-state index contributed by atoms with van der Waals surface area (Å²) in [7, 11) is 1.45. The summed E-state index contributed by atoms with van der Waals surface area (Å²) in [6, 6.07) is 12.7. The van der Waals surface area contributed by atoms with Crippen LogP contribution >= 0.6 is 0 Å². The average Bonchev–Trinajstić information content (AvgIpc) is 2.48. The summed E-state index contributed by atoms with van der Waals surface area (Å²) in [5, 5.41) is 12.2. The summed E-state index contributed by atoms with van der Waals surface area (Å²) >= 11 is 0. The monoisotopic (exact) mass is 275 g/mol. The normalized spacial score (nSPS) is 10.6. The van der Waals surface area contributed by atoms with E-state index in [0.29, 0.717) is 13.1 Å². The number of halogens is 1. The fourth-order valence-electron chi connectivity index (χ4n) is 1.93. The zero-order valence-corrected chi connectivity index (χ0v) is 11.4. The topological polar surface area (TPSA) is 41.5 Å². The van der Waals surface area contributed by atoms with Gasteiger partial charge in [0.2, 0.25) is 0 Å². The second-order valence-electron chi connectivity index (χ2n) is 4.55. The van der Waals surface area contributed by atoms with Crippen LogP contribution in [0.2, 0.25) is 0 Å². The van der Waals surface area contributed by atoms with E-state index in [1.807, 2.05) is 30.3 Å². The molecule has 0 aliphatic carbocycles. The Morgan fingerprint density at radius 3 is 2.20 bits per heavy atom. The van der Waals surface area contributed by atoms with E-state index < -0.39 is 0 Å². The third-order valence-electron chi connectivity index (χ3n) is 3.08. The molecule has 0 amide bonds. The number of hydrogen-bond acceptors (Lipinski definition) is 3. The third-order valence-corrected chi connectivity index (χ3v) is 3.08. The van der Waals surface area contributed by atoms with E-state index in [2.05, 4.69) is 5.32 Å². The smallest absolute Gasteiger partial charge is 0.165 e. The Morgan fingerprint density at radius 1 is 1.00 bits per heavy atom. The van der Waals surface area contributed by atoms with E-state index in [4.69, 9.17) is 9.84 Å². The van der Waals surface area contributed by atoms with Gasteiger partial charge in [-0.25, -0.2) is 4.39 Å². The van der Waals surface area contributed by atoms with Gasteiger partial charge in [-0.3, -0.25) is 0 Å². The van der Waals surface area contributed by atoms with Crippen molar-refractivity contribution >= 4 is 0 Å². The molecular weight excluding hydrogens is 257 g/mol. The van der Waals surface area contributed by atoms with Crippen LogP contribution in [-0.2, 0) is 19.7 Å². The van der Waals surface area contributed by atoms with Crippen molar-refractivity contribution in [2.24, 2.45) is 0 Å². The zero-order valence-electron chi connectivity index (χ0n) is 11.4. The van der Waals surface area contributed by atoms with Gasteiger partial charge in [-0.15, -0.1) is 0 Å². The van der Waals surface area contributed by atoms with E-state index in [-0.39, 0.29) is 18.2 Å². The fourth-order valence-corrected chi connectivity index (χ4v) is 1.93. The lowest BCUT2D eigenvalue weighted by molar-refractivity contribution is 0.282. The second kappa shape index (κ2) is 7.03. The first kappa shape index (κ1) is 14.5. The van der Waals surface area contributed by atoms with Crippen LogP contribution in [-0.4, -0.2) is 12.2 Å². The van der Waals surface area contributed by atoms with Crippen LogP contribution in [0.25, 0.3) is 0 Å². The van der Waals surface area contributed by atoms with Crippen LogP contribution in [0.1, 0.15) is 16.7 Å². The predicted octanol–water partition coefficient (Wildman–Crippen LogP) is 2.62. The molecule has 0 aromatic heterocycles. The van der Waals surface area contributed by atoms with Gasteiger partial charge in [-0.05, 0) is 28.8 Å². The van der Waals surface area contributed by atoms with Crippen molar-refractivity contribution in [3.8, 4) is 5.75 Å². The molecule has 4 heteroatoms. The number of nitrogens with one attached hydrogen (secondary N) is 1. The first-order chi connectivity index (χ1) is 9.72. The van der Waals surface area contributed by atoms with Crippen molar-refractivity contribution in [1.82, 2.24) is 5.32 Å². The lowest BCUT2D eigenvalue weighted by Gasteiger charge is -2.07. The van der Waals surface area contributed by atoms with Crippen molar-refractivity contribution in [1.29, 1.82) is 0 Å². The number of ether oxygens (including phenoxy) is 1. The van der Waals surface area contributed by atoms with Gasteiger partial charge in [0, 0.05) is 13.1 Å². The molecular formula is C16H18FNO2. The lowest BCUT2D eigenvalue weighted by Crippen LogP contribution is -2.12. The number of methoxy groups -OCH3 is 1. The SMILES string of the molecule is COc1ccc(CNCc2ccc(CO)cc2)cc1F. The molecule has 0 fully saturated rings. The van der Waals surface area contributed by atoms with Crippen LogP contribution in [0, 0.1) is 5.82 Å². The molecule has 2 aromatic carbocycles. The average molecular weight is 275 g/mol. The summed E-state index contributed by atoms with van der Waals surface area (Å²) in [5.74, 6) is -0.0903. The van der Waals surface area contributed by atoms with Crippen molar-refractivity contribution in [3.05, 3.63) is 65.0 Å². The van der Waals surface area contributed by atoms with Crippen LogP contribution in [0.4, 0.5) is 4.39 Å². The Kier molecular flexibility index (Phi) is 5.09. The van der Waals surface area contributed by atoms with Crippen LogP contribution < -0.4 is 10.1 Å². The zero-order chi connectivity index (χ0) is 14.4.